The van der Waals surface area contributed by atoms with Crippen LogP contribution in [0.1, 0.15) is 18.5 Å². The van der Waals surface area contributed by atoms with Crippen molar-refractivity contribution < 1.29 is 15.0 Å². The molecule has 0 aliphatic rings. The first-order valence-corrected chi connectivity index (χ1v) is 5.18. The summed E-state index contributed by atoms with van der Waals surface area (Å²) in [6.45, 7) is 1.73. The Morgan fingerprint density at radius 3 is 2.38 bits per heavy atom. The molecule has 88 valence electrons. The predicted molar refractivity (Wildman–Crippen MR) is 61.1 cm³/mol. The molecule has 0 aliphatic heterocycles. The van der Waals surface area contributed by atoms with Crippen molar-refractivity contribution in [2.75, 3.05) is 13.7 Å². The van der Waals surface area contributed by atoms with Gasteiger partial charge in [-0.05, 0) is 19.5 Å². The zero-order chi connectivity index (χ0) is 12.1. The van der Waals surface area contributed by atoms with Gasteiger partial charge in [0, 0.05) is 6.04 Å². The van der Waals surface area contributed by atoms with Crippen LogP contribution in [0.5, 0.6) is 0 Å². The van der Waals surface area contributed by atoms with Gasteiger partial charge in [0.25, 0.3) is 0 Å². The maximum Gasteiger partial charge on any atom is 0.325 e. The van der Waals surface area contributed by atoms with Gasteiger partial charge in [0.1, 0.15) is 6.04 Å². The third kappa shape index (κ3) is 2.81. The molecule has 4 nitrogen and oxygen atoms in total. The van der Waals surface area contributed by atoms with Gasteiger partial charge in [0.05, 0.1) is 6.61 Å². The molecule has 1 aromatic carbocycles. The number of carbonyl (C=O) groups is 1. The van der Waals surface area contributed by atoms with Crippen LogP contribution in [-0.2, 0) is 4.79 Å². The van der Waals surface area contributed by atoms with Gasteiger partial charge in [0.15, 0.2) is 0 Å². The van der Waals surface area contributed by atoms with Crippen LogP contribution in [0.2, 0.25) is 0 Å². The summed E-state index contributed by atoms with van der Waals surface area (Å²) in [4.78, 5) is 12.9. The van der Waals surface area contributed by atoms with Crippen molar-refractivity contribution in [2.24, 2.45) is 0 Å². The van der Waals surface area contributed by atoms with Gasteiger partial charge in [-0.15, -0.1) is 0 Å². The summed E-state index contributed by atoms with van der Waals surface area (Å²) in [6.07, 6.45) is 0. The number of hydrogen-bond donors (Lipinski definition) is 2. The molecular formula is C12H17NO3. The standard InChI is InChI=1S/C12H17NO3/c1-9(8-14)13(2)11(12(15)16)10-6-4-3-5-7-10/h3-7,9,11,14H,8H2,1-2H3,(H,15,16). The minimum atomic E-state index is -0.908. The van der Waals surface area contributed by atoms with Crippen LogP contribution in [0.3, 0.4) is 0 Å². The number of carboxylic acid groups (broad SMARTS) is 1. The highest BCUT2D eigenvalue weighted by atomic mass is 16.4. The Morgan fingerprint density at radius 1 is 1.38 bits per heavy atom. The number of nitrogens with zero attached hydrogens (tertiary/aromatic N) is 1. The van der Waals surface area contributed by atoms with E-state index >= 15 is 0 Å². The van der Waals surface area contributed by atoms with Crippen LogP contribution >= 0.6 is 0 Å². The van der Waals surface area contributed by atoms with Crippen LogP contribution in [0, 0.1) is 0 Å². The van der Waals surface area contributed by atoms with Crippen molar-refractivity contribution in [3.8, 4) is 0 Å². The number of aliphatic carboxylic acids is 1. The molecule has 16 heavy (non-hydrogen) atoms. The maximum atomic E-state index is 11.2. The van der Waals surface area contributed by atoms with E-state index in [-0.39, 0.29) is 12.6 Å². The quantitative estimate of drug-likeness (QED) is 0.785. The molecule has 1 aromatic rings. The van der Waals surface area contributed by atoms with Crippen LogP contribution in [0.25, 0.3) is 0 Å². The molecule has 0 aromatic heterocycles. The summed E-state index contributed by atoms with van der Waals surface area (Å²) in [6, 6.07) is 8.10. The molecule has 2 N–H and O–H groups in total. The topological polar surface area (TPSA) is 60.8 Å². The highest BCUT2D eigenvalue weighted by Crippen LogP contribution is 2.21. The minimum absolute atomic E-state index is 0.0624. The number of likely N-dealkylation sites (N-methyl/N-ethyl adjacent to an activating group) is 1. The Morgan fingerprint density at radius 2 is 1.94 bits per heavy atom. The van der Waals surface area contributed by atoms with E-state index in [2.05, 4.69) is 0 Å². The van der Waals surface area contributed by atoms with Gasteiger partial charge in [0.2, 0.25) is 0 Å². The second-order valence-corrected chi connectivity index (χ2v) is 3.85. The van der Waals surface area contributed by atoms with E-state index in [9.17, 15) is 9.90 Å². The van der Waals surface area contributed by atoms with Crippen molar-refractivity contribution in [3.63, 3.8) is 0 Å². The molecule has 0 bridgehead atoms. The molecule has 0 heterocycles. The maximum absolute atomic E-state index is 11.2. The van der Waals surface area contributed by atoms with E-state index in [1.807, 2.05) is 18.2 Å². The number of rotatable bonds is 5. The highest BCUT2D eigenvalue weighted by molar-refractivity contribution is 5.75. The molecule has 0 fully saturated rings. The number of aliphatic hydroxyl groups excluding tert-OH is 1. The third-order valence-corrected chi connectivity index (χ3v) is 2.72. The van der Waals surface area contributed by atoms with Gasteiger partial charge >= 0.3 is 5.97 Å². The fourth-order valence-corrected chi connectivity index (χ4v) is 1.57. The Kier molecular flexibility index (Phi) is 4.46. The Balaban J connectivity index is 2.96. The predicted octanol–water partition coefficient (Wildman–Crippen LogP) is 1.12. The van der Waals surface area contributed by atoms with Crippen LogP contribution in [0.4, 0.5) is 0 Å². The second-order valence-electron chi connectivity index (χ2n) is 3.85. The monoisotopic (exact) mass is 223 g/mol. The summed E-state index contributed by atoms with van der Waals surface area (Å²) in [5.74, 6) is -0.908. The van der Waals surface area contributed by atoms with Gasteiger partial charge < -0.3 is 10.2 Å². The van der Waals surface area contributed by atoms with Gasteiger partial charge in [-0.3, -0.25) is 9.69 Å². The smallest absolute Gasteiger partial charge is 0.325 e. The first-order chi connectivity index (χ1) is 7.57. The van der Waals surface area contributed by atoms with Crippen LogP contribution in [0.15, 0.2) is 30.3 Å². The summed E-state index contributed by atoms with van der Waals surface area (Å²) in [5, 5.41) is 18.3. The second kappa shape index (κ2) is 5.63. The average molecular weight is 223 g/mol. The fraction of sp³-hybridized carbons (Fsp3) is 0.417. The zero-order valence-corrected chi connectivity index (χ0v) is 9.50. The summed E-state index contributed by atoms with van der Waals surface area (Å²) >= 11 is 0. The Hall–Kier alpha value is -1.39. The lowest BCUT2D eigenvalue weighted by Gasteiger charge is -2.29. The van der Waals surface area contributed by atoms with Crippen molar-refractivity contribution in [1.82, 2.24) is 4.90 Å². The molecular weight excluding hydrogens is 206 g/mol. The van der Waals surface area contributed by atoms with E-state index in [1.54, 1.807) is 31.0 Å². The van der Waals surface area contributed by atoms with Crippen molar-refractivity contribution >= 4 is 5.97 Å². The minimum Gasteiger partial charge on any atom is -0.480 e. The molecule has 0 saturated carbocycles. The summed E-state index contributed by atoms with van der Waals surface area (Å²) < 4.78 is 0. The summed E-state index contributed by atoms with van der Waals surface area (Å²) in [5.41, 5.74) is 0.720. The van der Waals surface area contributed by atoms with Crippen molar-refractivity contribution in [2.45, 2.75) is 19.0 Å². The lowest BCUT2D eigenvalue weighted by molar-refractivity contribution is -0.144. The lowest BCUT2D eigenvalue weighted by Crippen LogP contribution is -2.39. The molecule has 0 amide bonds. The van der Waals surface area contributed by atoms with E-state index < -0.39 is 12.0 Å². The summed E-state index contributed by atoms with van der Waals surface area (Å²) in [7, 11) is 1.70. The molecule has 0 radical (unpaired) electrons. The highest BCUT2D eigenvalue weighted by Gasteiger charge is 2.27. The lowest BCUT2D eigenvalue weighted by atomic mass is 10.0. The number of benzene rings is 1. The molecule has 2 atom stereocenters. The SMILES string of the molecule is CC(CO)N(C)C(C(=O)O)c1ccccc1. The van der Waals surface area contributed by atoms with Gasteiger partial charge in [-0.25, -0.2) is 0 Å². The first kappa shape index (κ1) is 12.7. The van der Waals surface area contributed by atoms with Crippen molar-refractivity contribution in [3.05, 3.63) is 35.9 Å². The van der Waals surface area contributed by atoms with E-state index in [0.717, 1.165) is 5.56 Å². The molecule has 0 aliphatic carbocycles. The molecule has 0 spiro atoms. The van der Waals surface area contributed by atoms with E-state index in [1.165, 1.54) is 0 Å². The fourth-order valence-electron chi connectivity index (χ4n) is 1.57. The third-order valence-electron chi connectivity index (χ3n) is 2.72. The molecule has 0 saturated heterocycles. The first-order valence-electron chi connectivity index (χ1n) is 5.18. The molecule has 1 rings (SSSR count). The Labute approximate surface area is 95.1 Å². The number of carboxylic acids is 1. The largest absolute Gasteiger partial charge is 0.480 e. The van der Waals surface area contributed by atoms with E-state index in [4.69, 9.17) is 5.11 Å². The molecule has 4 heteroatoms. The number of hydrogen-bond acceptors (Lipinski definition) is 3. The zero-order valence-electron chi connectivity index (χ0n) is 9.50. The van der Waals surface area contributed by atoms with E-state index in [0.29, 0.717) is 0 Å². The van der Waals surface area contributed by atoms with Gasteiger partial charge in [-0.1, -0.05) is 30.3 Å². The average Bonchev–Trinajstić information content (AvgIpc) is 2.29. The van der Waals surface area contributed by atoms with Crippen LogP contribution in [-0.4, -0.2) is 40.8 Å². The van der Waals surface area contributed by atoms with Crippen molar-refractivity contribution in [1.29, 1.82) is 0 Å². The van der Waals surface area contributed by atoms with Crippen LogP contribution < -0.4 is 0 Å². The number of aliphatic hydroxyl groups is 1. The normalized spacial score (nSPS) is 14.8. The van der Waals surface area contributed by atoms with Gasteiger partial charge in [-0.2, -0.15) is 0 Å². The molecule has 2 unspecified atom stereocenters. The Bertz CT molecular complexity index is 339.